The standard InChI is InChI=1S/C15H19N3O3/c1-3-21-8-4-6-16-14(19)12-10-17-13-9-11(2)5-7-18(13)15(12)20/h5,7,9-10H,3-4,6,8H2,1-2H3,(H,16,19). The Morgan fingerprint density at radius 2 is 2.29 bits per heavy atom. The third kappa shape index (κ3) is 3.66. The third-order valence-corrected chi connectivity index (χ3v) is 3.06. The van der Waals surface area contributed by atoms with Crippen LogP contribution in [0.5, 0.6) is 0 Å². The lowest BCUT2D eigenvalue weighted by Crippen LogP contribution is -2.32. The van der Waals surface area contributed by atoms with Gasteiger partial charge in [-0.3, -0.25) is 14.0 Å². The fourth-order valence-corrected chi connectivity index (χ4v) is 1.95. The first-order valence-electron chi connectivity index (χ1n) is 6.97. The number of rotatable bonds is 6. The highest BCUT2D eigenvalue weighted by Gasteiger charge is 2.12. The molecule has 0 aliphatic heterocycles. The van der Waals surface area contributed by atoms with Gasteiger partial charge in [0, 0.05) is 32.2 Å². The second-order valence-corrected chi connectivity index (χ2v) is 4.72. The molecule has 1 amide bonds. The number of aromatic nitrogens is 2. The predicted molar refractivity (Wildman–Crippen MR) is 79.6 cm³/mol. The fourth-order valence-electron chi connectivity index (χ4n) is 1.95. The maximum Gasteiger partial charge on any atom is 0.270 e. The lowest BCUT2D eigenvalue weighted by molar-refractivity contribution is 0.0942. The zero-order chi connectivity index (χ0) is 15.2. The molecule has 0 aromatic carbocycles. The van der Waals surface area contributed by atoms with Gasteiger partial charge in [0.25, 0.3) is 11.5 Å². The van der Waals surface area contributed by atoms with Crippen molar-refractivity contribution in [3.8, 4) is 0 Å². The highest BCUT2D eigenvalue weighted by molar-refractivity contribution is 5.93. The molecule has 1 N–H and O–H groups in total. The number of amides is 1. The van der Waals surface area contributed by atoms with E-state index in [-0.39, 0.29) is 11.1 Å². The summed E-state index contributed by atoms with van der Waals surface area (Å²) in [6, 6.07) is 3.60. The molecule has 112 valence electrons. The molecule has 0 spiro atoms. The van der Waals surface area contributed by atoms with Gasteiger partial charge in [0.15, 0.2) is 0 Å². The van der Waals surface area contributed by atoms with Crippen molar-refractivity contribution in [3.05, 3.63) is 46.0 Å². The van der Waals surface area contributed by atoms with Crippen molar-refractivity contribution in [1.29, 1.82) is 0 Å². The zero-order valence-corrected chi connectivity index (χ0v) is 12.3. The van der Waals surface area contributed by atoms with E-state index in [1.54, 1.807) is 18.3 Å². The molecular weight excluding hydrogens is 270 g/mol. The molecule has 0 radical (unpaired) electrons. The van der Waals surface area contributed by atoms with E-state index in [2.05, 4.69) is 10.3 Å². The summed E-state index contributed by atoms with van der Waals surface area (Å²) in [5.74, 6) is -0.404. The van der Waals surface area contributed by atoms with Crippen molar-refractivity contribution in [3.63, 3.8) is 0 Å². The first-order valence-corrected chi connectivity index (χ1v) is 6.97. The topological polar surface area (TPSA) is 72.7 Å². The van der Waals surface area contributed by atoms with Crippen LogP contribution in [0, 0.1) is 6.92 Å². The van der Waals surface area contributed by atoms with Crippen LogP contribution >= 0.6 is 0 Å². The van der Waals surface area contributed by atoms with Crippen LogP contribution in [0.4, 0.5) is 0 Å². The van der Waals surface area contributed by atoms with E-state index in [1.165, 1.54) is 10.6 Å². The summed E-state index contributed by atoms with van der Waals surface area (Å²) < 4.78 is 6.56. The molecule has 0 saturated carbocycles. The van der Waals surface area contributed by atoms with E-state index in [4.69, 9.17) is 4.74 Å². The van der Waals surface area contributed by atoms with Crippen LogP contribution in [0.1, 0.15) is 29.3 Å². The van der Waals surface area contributed by atoms with Gasteiger partial charge in [-0.1, -0.05) is 0 Å². The van der Waals surface area contributed by atoms with E-state index in [1.807, 2.05) is 13.8 Å². The maximum absolute atomic E-state index is 12.3. The van der Waals surface area contributed by atoms with Crippen LogP contribution in [0.3, 0.4) is 0 Å². The number of fused-ring (bicyclic) bond motifs is 1. The minimum Gasteiger partial charge on any atom is -0.382 e. The Morgan fingerprint density at radius 3 is 3.05 bits per heavy atom. The molecule has 0 aliphatic carbocycles. The van der Waals surface area contributed by atoms with E-state index in [9.17, 15) is 9.59 Å². The molecule has 2 rings (SSSR count). The van der Waals surface area contributed by atoms with Gasteiger partial charge >= 0.3 is 0 Å². The van der Waals surface area contributed by atoms with Crippen molar-refractivity contribution >= 4 is 11.6 Å². The Kier molecular flexibility index (Phi) is 5.05. The lowest BCUT2D eigenvalue weighted by Gasteiger charge is -2.06. The van der Waals surface area contributed by atoms with Crippen molar-refractivity contribution < 1.29 is 9.53 Å². The SMILES string of the molecule is CCOCCCNC(=O)c1cnc2cc(C)ccn2c1=O. The number of carbonyl (C=O) groups is 1. The van der Waals surface area contributed by atoms with Crippen LogP contribution in [0.25, 0.3) is 5.65 Å². The fraction of sp³-hybridized carbons (Fsp3) is 0.400. The first-order chi connectivity index (χ1) is 10.1. The Hall–Kier alpha value is -2.21. The maximum atomic E-state index is 12.3. The summed E-state index contributed by atoms with van der Waals surface area (Å²) >= 11 is 0. The Balaban J connectivity index is 2.11. The minimum atomic E-state index is -0.404. The quantitative estimate of drug-likeness (QED) is 0.810. The summed E-state index contributed by atoms with van der Waals surface area (Å²) in [6.07, 6.45) is 3.67. The summed E-state index contributed by atoms with van der Waals surface area (Å²) in [7, 11) is 0. The molecule has 0 saturated heterocycles. The Bertz CT molecular complexity index is 694. The van der Waals surface area contributed by atoms with Gasteiger partial charge in [-0.15, -0.1) is 0 Å². The zero-order valence-electron chi connectivity index (χ0n) is 12.3. The van der Waals surface area contributed by atoms with Gasteiger partial charge in [0.2, 0.25) is 0 Å². The van der Waals surface area contributed by atoms with E-state index < -0.39 is 5.91 Å². The van der Waals surface area contributed by atoms with Crippen LogP contribution in [0.15, 0.2) is 29.3 Å². The smallest absolute Gasteiger partial charge is 0.270 e. The van der Waals surface area contributed by atoms with Crippen molar-refractivity contribution in [2.45, 2.75) is 20.3 Å². The number of nitrogens with one attached hydrogen (secondary N) is 1. The number of nitrogens with zero attached hydrogens (tertiary/aromatic N) is 2. The monoisotopic (exact) mass is 289 g/mol. The summed E-state index contributed by atoms with van der Waals surface area (Å²) in [6.45, 7) is 5.55. The summed E-state index contributed by atoms with van der Waals surface area (Å²) in [4.78, 5) is 28.4. The molecule has 0 fully saturated rings. The third-order valence-electron chi connectivity index (χ3n) is 3.06. The molecular formula is C15H19N3O3. The highest BCUT2D eigenvalue weighted by Crippen LogP contribution is 2.02. The van der Waals surface area contributed by atoms with Crippen LogP contribution in [-0.2, 0) is 4.74 Å². The van der Waals surface area contributed by atoms with E-state index in [0.29, 0.717) is 31.8 Å². The Labute approximate surface area is 122 Å². The molecule has 2 aromatic heterocycles. The molecule has 21 heavy (non-hydrogen) atoms. The van der Waals surface area contributed by atoms with Gasteiger partial charge in [-0.25, -0.2) is 4.98 Å². The average Bonchev–Trinajstić information content (AvgIpc) is 2.47. The average molecular weight is 289 g/mol. The van der Waals surface area contributed by atoms with Crippen LogP contribution < -0.4 is 10.9 Å². The first kappa shape index (κ1) is 15.2. The highest BCUT2D eigenvalue weighted by atomic mass is 16.5. The van der Waals surface area contributed by atoms with Gasteiger partial charge in [0.05, 0.1) is 0 Å². The van der Waals surface area contributed by atoms with Crippen molar-refractivity contribution in [1.82, 2.24) is 14.7 Å². The molecule has 0 bridgehead atoms. The summed E-state index contributed by atoms with van der Waals surface area (Å²) in [5.41, 5.74) is 1.23. The summed E-state index contributed by atoms with van der Waals surface area (Å²) in [5, 5.41) is 2.70. The molecule has 2 heterocycles. The van der Waals surface area contributed by atoms with Crippen LogP contribution in [-0.4, -0.2) is 35.1 Å². The van der Waals surface area contributed by atoms with Gasteiger partial charge in [-0.2, -0.15) is 0 Å². The molecule has 6 heteroatoms. The Morgan fingerprint density at radius 1 is 1.48 bits per heavy atom. The molecule has 0 aliphatic rings. The van der Waals surface area contributed by atoms with Crippen molar-refractivity contribution in [2.75, 3.05) is 19.8 Å². The van der Waals surface area contributed by atoms with Gasteiger partial charge < -0.3 is 10.1 Å². The number of ether oxygens (including phenoxy) is 1. The number of carbonyl (C=O) groups excluding carboxylic acids is 1. The second-order valence-electron chi connectivity index (χ2n) is 4.72. The normalized spacial score (nSPS) is 10.8. The van der Waals surface area contributed by atoms with Crippen molar-refractivity contribution in [2.24, 2.45) is 0 Å². The second kappa shape index (κ2) is 6.99. The number of hydrogen-bond acceptors (Lipinski definition) is 4. The molecule has 2 aromatic rings. The van der Waals surface area contributed by atoms with Crippen LogP contribution in [0.2, 0.25) is 0 Å². The number of pyridine rings is 1. The molecule has 0 unspecified atom stereocenters. The van der Waals surface area contributed by atoms with E-state index in [0.717, 1.165) is 5.56 Å². The molecule has 6 nitrogen and oxygen atoms in total. The van der Waals surface area contributed by atoms with Gasteiger partial charge in [-0.05, 0) is 38.0 Å². The molecule has 0 atom stereocenters. The number of aryl methyl sites for hydroxylation is 1. The predicted octanol–water partition coefficient (Wildman–Crippen LogP) is 1.16. The largest absolute Gasteiger partial charge is 0.382 e. The van der Waals surface area contributed by atoms with Gasteiger partial charge in [0.1, 0.15) is 11.2 Å². The van der Waals surface area contributed by atoms with E-state index >= 15 is 0 Å². The number of hydrogen-bond donors (Lipinski definition) is 1. The minimum absolute atomic E-state index is 0.0489. The lowest BCUT2D eigenvalue weighted by atomic mass is 10.2.